The zero-order chi connectivity index (χ0) is 13.8. The molecule has 0 fully saturated rings. The van der Waals surface area contributed by atoms with Gasteiger partial charge >= 0.3 is 5.76 Å². The molecule has 1 atom stereocenters. The molecular formula is C11H14F2O3S2. The van der Waals surface area contributed by atoms with Crippen LogP contribution in [0.1, 0.15) is 13.3 Å². The van der Waals surface area contributed by atoms with Gasteiger partial charge in [0.15, 0.2) is 0 Å². The van der Waals surface area contributed by atoms with E-state index in [9.17, 15) is 17.2 Å². The van der Waals surface area contributed by atoms with Gasteiger partial charge in [0.1, 0.15) is 0 Å². The minimum absolute atomic E-state index is 0.0298. The molecule has 0 aliphatic rings. The molecule has 0 radical (unpaired) electrons. The van der Waals surface area contributed by atoms with Gasteiger partial charge in [-0.2, -0.15) is 8.78 Å². The average Bonchev–Trinajstić information content (AvgIpc) is 2.29. The molecule has 1 aromatic carbocycles. The van der Waals surface area contributed by atoms with Gasteiger partial charge in [-0.15, -0.1) is 11.8 Å². The molecule has 7 heteroatoms. The Morgan fingerprint density at radius 3 is 2.50 bits per heavy atom. The van der Waals surface area contributed by atoms with Gasteiger partial charge in [-0.25, -0.2) is 8.42 Å². The van der Waals surface area contributed by atoms with Crippen molar-refractivity contribution in [1.82, 2.24) is 0 Å². The van der Waals surface area contributed by atoms with Crippen LogP contribution in [-0.4, -0.2) is 31.1 Å². The van der Waals surface area contributed by atoms with Gasteiger partial charge in [0, 0.05) is 16.8 Å². The van der Waals surface area contributed by atoms with Crippen molar-refractivity contribution in [3.05, 3.63) is 24.3 Å². The molecule has 0 saturated heterocycles. The van der Waals surface area contributed by atoms with Gasteiger partial charge < -0.3 is 5.11 Å². The Balaban J connectivity index is 3.08. The number of benzene rings is 1. The van der Waals surface area contributed by atoms with Crippen molar-refractivity contribution in [2.24, 2.45) is 0 Å². The molecule has 0 aliphatic carbocycles. The zero-order valence-electron chi connectivity index (χ0n) is 9.71. The minimum atomic E-state index is -4.58. The third-order valence-corrected chi connectivity index (χ3v) is 5.07. The first-order valence-corrected chi connectivity index (χ1v) is 7.70. The van der Waals surface area contributed by atoms with Crippen molar-refractivity contribution < 1.29 is 22.3 Å². The van der Waals surface area contributed by atoms with Crippen LogP contribution in [0.5, 0.6) is 0 Å². The number of hydrogen-bond donors (Lipinski definition) is 1. The summed E-state index contributed by atoms with van der Waals surface area (Å²) in [5.74, 6) is -3.42. The third kappa shape index (κ3) is 3.66. The lowest BCUT2D eigenvalue weighted by Crippen LogP contribution is -2.13. The van der Waals surface area contributed by atoms with Crippen LogP contribution in [0.4, 0.5) is 8.78 Å². The summed E-state index contributed by atoms with van der Waals surface area (Å²) in [7, 11) is -4.58. The van der Waals surface area contributed by atoms with Gasteiger partial charge in [0.05, 0.1) is 4.90 Å². The van der Waals surface area contributed by atoms with Gasteiger partial charge in [-0.1, -0.05) is 19.1 Å². The Morgan fingerprint density at radius 2 is 1.94 bits per heavy atom. The number of aliphatic hydroxyl groups is 1. The Bertz CT molecular complexity index is 489. The van der Waals surface area contributed by atoms with Crippen LogP contribution in [0.3, 0.4) is 0 Å². The van der Waals surface area contributed by atoms with E-state index < -0.39 is 15.6 Å². The summed E-state index contributed by atoms with van der Waals surface area (Å²) in [5.41, 5.74) is 0. The number of rotatable bonds is 6. The van der Waals surface area contributed by atoms with Gasteiger partial charge in [0.2, 0.25) is 9.84 Å². The van der Waals surface area contributed by atoms with E-state index in [2.05, 4.69) is 0 Å². The van der Waals surface area contributed by atoms with Crippen molar-refractivity contribution in [2.45, 2.75) is 34.1 Å². The Kier molecular flexibility index (Phi) is 5.55. The Labute approximate surface area is 109 Å². The standard InChI is InChI=1S/C11H14F2O3S2/c1-8(6-7-14)17-9-4-2-3-5-10(9)18(15,16)11(12)13/h2-5,8,11,14H,6-7H2,1H3. The summed E-state index contributed by atoms with van der Waals surface area (Å²) >= 11 is 1.17. The summed E-state index contributed by atoms with van der Waals surface area (Å²) in [5, 5.41) is 8.73. The molecule has 1 unspecified atom stereocenters. The molecule has 0 heterocycles. The van der Waals surface area contributed by atoms with E-state index in [0.717, 1.165) is 0 Å². The number of alkyl halides is 2. The molecule has 0 spiro atoms. The third-order valence-electron chi connectivity index (χ3n) is 2.25. The SMILES string of the molecule is CC(CCO)Sc1ccccc1S(=O)(=O)C(F)F. The second kappa shape index (κ2) is 6.49. The molecule has 0 bridgehead atoms. The second-order valence-electron chi connectivity index (χ2n) is 3.69. The van der Waals surface area contributed by atoms with E-state index in [4.69, 9.17) is 5.11 Å². The highest BCUT2D eigenvalue weighted by Gasteiger charge is 2.29. The van der Waals surface area contributed by atoms with E-state index in [1.54, 1.807) is 13.0 Å². The van der Waals surface area contributed by atoms with Crippen LogP contribution in [0.25, 0.3) is 0 Å². The smallest absolute Gasteiger partial charge is 0.341 e. The fourth-order valence-corrected chi connectivity index (χ4v) is 3.64. The van der Waals surface area contributed by atoms with Gasteiger partial charge in [0.25, 0.3) is 0 Å². The lowest BCUT2D eigenvalue weighted by molar-refractivity contribution is 0.234. The molecule has 1 N–H and O–H groups in total. The molecule has 0 aliphatic heterocycles. The molecule has 102 valence electrons. The minimum Gasteiger partial charge on any atom is -0.396 e. The summed E-state index contributed by atoms with van der Waals surface area (Å²) in [6.07, 6.45) is 0.466. The van der Waals surface area contributed by atoms with Crippen LogP contribution in [0.15, 0.2) is 34.1 Å². The monoisotopic (exact) mass is 296 g/mol. The molecular weight excluding hydrogens is 282 g/mol. The molecule has 0 saturated carbocycles. The van der Waals surface area contributed by atoms with Crippen molar-refractivity contribution in [1.29, 1.82) is 0 Å². The summed E-state index contributed by atoms with van der Waals surface area (Å²) < 4.78 is 48.0. The van der Waals surface area contributed by atoms with Crippen LogP contribution >= 0.6 is 11.8 Å². The highest BCUT2D eigenvalue weighted by atomic mass is 32.2. The summed E-state index contributed by atoms with van der Waals surface area (Å²) in [6, 6.07) is 5.68. The second-order valence-corrected chi connectivity index (χ2v) is 7.06. The molecule has 0 amide bonds. The van der Waals surface area contributed by atoms with Crippen LogP contribution in [0.2, 0.25) is 0 Å². The molecule has 0 aromatic heterocycles. The fraction of sp³-hybridized carbons (Fsp3) is 0.455. The summed E-state index contributed by atoms with van der Waals surface area (Å²) in [6.45, 7) is 1.77. The van der Waals surface area contributed by atoms with E-state index in [0.29, 0.717) is 11.3 Å². The molecule has 1 aromatic rings. The molecule has 18 heavy (non-hydrogen) atoms. The highest BCUT2D eigenvalue weighted by Crippen LogP contribution is 2.33. The zero-order valence-corrected chi connectivity index (χ0v) is 11.3. The first-order chi connectivity index (χ1) is 8.39. The van der Waals surface area contributed by atoms with E-state index in [1.165, 1.54) is 30.0 Å². The first-order valence-electron chi connectivity index (χ1n) is 5.28. The number of hydrogen-bond acceptors (Lipinski definition) is 4. The number of aliphatic hydroxyl groups excluding tert-OH is 1. The van der Waals surface area contributed by atoms with E-state index in [-0.39, 0.29) is 16.8 Å². The molecule has 3 nitrogen and oxygen atoms in total. The maximum Gasteiger partial charge on any atom is 0.341 e. The van der Waals surface area contributed by atoms with Crippen molar-refractivity contribution in [3.8, 4) is 0 Å². The van der Waals surface area contributed by atoms with Gasteiger partial charge in [-0.3, -0.25) is 0 Å². The van der Waals surface area contributed by atoms with Crippen LogP contribution < -0.4 is 0 Å². The predicted octanol–water partition coefficient (Wildman–Crippen LogP) is 2.55. The van der Waals surface area contributed by atoms with Crippen molar-refractivity contribution >= 4 is 21.6 Å². The first kappa shape index (κ1) is 15.4. The topological polar surface area (TPSA) is 54.4 Å². The quantitative estimate of drug-likeness (QED) is 0.820. The number of thioether (sulfide) groups is 1. The largest absolute Gasteiger partial charge is 0.396 e. The van der Waals surface area contributed by atoms with Crippen molar-refractivity contribution in [2.75, 3.05) is 6.61 Å². The van der Waals surface area contributed by atoms with Crippen LogP contribution in [-0.2, 0) is 9.84 Å². The Hall–Kier alpha value is -0.660. The summed E-state index contributed by atoms with van der Waals surface area (Å²) in [4.78, 5) is -0.0615. The average molecular weight is 296 g/mol. The Morgan fingerprint density at radius 1 is 1.33 bits per heavy atom. The lowest BCUT2D eigenvalue weighted by atomic mass is 10.3. The predicted molar refractivity (Wildman–Crippen MR) is 66.7 cm³/mol. The fourth-order valence-electron chi connectivity index (χ4n) is 1.34. The lowest BCUT2D eigenvalue weighted by Gasteiger charge is -2.13. The molecule has 1 rings (SSSR count). The number of sulfone groups is 1. The van der Waals surface area contributed by atoms with E-state index >= 15 is 0 Å². The normalized spacial score (nSPS) is 13.8. The highest BCUT2D eigenvalue weighted by molar-refractivity contribution is 8.00. The van der Waals surface area contributed by atoms with Crippen molar-refractivity contribution in [3.63, 3.8) is 0 Å². The van der Waals surface area contributed by atoms with Crippen LogP contribution in [0, 0.1) is 0 Å². The maximum absolute atomic E-state index is 12.5. The number of halogens is 2. The maximum atomic E-state index is 12.5. The van der Waals surface area contributed by atoms with Gasteiger partial charge in [-0.05, 0) is 18.6 Å². The van der Waals surface area contributed by atoms with E-state index in [1.807, 2.05) is 0 Å².